The maximum atomic E-state index is 5.30. The summed E-state index contributed by atoms with van der Waals surface area (Å²) in [7, 11) is 1.70. The molecule has 112 valence electrons. The first kappa shape index (κ1) is 16.1. The van der Waals surface area contributed by atoms with Crippen molar-refractivity contribution in [3.05, 3.63) is 64.1 Å². The zero-order valence-electron chi connectivity index (χ0n) is 12.8. The van der Waals surface area contributed by atoms with Crippen LogP contribution in [-0.4, -0.2) is 7.11 Å². The topological polar surface area (TPSA) is 21.3 Å². The highest BCUT2D eigenvalue weighted by Gasteiger charge is 2.14. The van der Waals surface area contributed by atoms with Crippen LogP contribution in [0.1, 0.15) is 43.5 Å². The molecule has 0 aliphatic rings. The van der Waals surface area contributed by atoms with E-state index < -0.39 is 0 Å². The summed E-state index contributed by atoms with van der Waals surface area (Å²) in [5, 5.41) is 3.70. The third kappa shape index (κ3) is 4.32. The number of methoxy groups -OCH3 is 1. The van der Waals surface area contributed by atoms with Crippen LogP contribution >= 0.6 is 15.9 Å². The van der Waals surface area contributed by atoms with Gasteiger partial charge in [-0.05, 0) is 48.7 Å². The summed E-state index contributed by atoms with van der Waals surface area (Å²) in [5.41, 5.74) is 2.55. The van der Waals surface area contributed by atoms with Gasteiger partial charge in [0.1, 0.15) is 5.75 Å². The molecule has 0 bridgehead atoms. The monoisotopic (exact) mass is 347 g/mol. The lowest BCUT2D eigenvalue weighted by molar-refractivity contribution is 0.411. The summed E-state index contributed by atoms with van der Waals surface area (Å²) in [6.45, 7) is 4.40. The van der Waals surface area contributed by atoms with Crippen molar-refractivity contribution < 1.29 is 4.74 Å². The van der Waals surface area contributed by atoms with Gasteiger partial charge in [-0.15, -0.1) is 0 Å². The van der Waals surface area contributed by atoms with E-state index in [1.54, 1.807) is 7.11 Å². The summed E-state index contributed by atoms with van der Waals surface area (Å²) in [5.74, 6) is 0.900. The summed E-state index contributed by atoms with van der Waals surface area (Å²) in [6, 6.07) is 17.3. The molecule has 0 radical (unpaired) electrons. The fourth-order valence-corrected chi connectivity index (χ4v) is 2.90. The van der Waals surface area contributed by atoms with E-state index in [0.29, 0.717) is 6.04 Å². The molecule has 0 aliphatic carbocycles. The maximum absolute atomic E-state index is 5.30. The predicted molar refractivity (Wildman–Crippen MR) is 91.7 cm³/mol. The minimum atomic E-state index is 0.268. The molecule has 2 aromatic carbocycles. The molecule has 1 N–H and O–H groups in total. The van der Waals surface area contributed by atoms with Gasteiger partial charge in [0.2, 0.25) is 0 Å². The van der Waals surface area contributed by atoms with Crippen molar-refractivity contribution >= 4 is 15.9 Å². The smallest absolute Gasteiger partial charge is 0.119 e. The number of halogens is 1. The Morgan fingerprint density at radius 1 is 1.10 bits per heavy atom. The van der Waals surface area contributed by atoms with Crippen LogP contribution in [0.15, 0.2) is 53.0 Å². The summed E-state index contributed by atoms with van der Waals surface area (Å²) >= 11 is 3.55. The van der Waals surface area contributed by atoms with Crippen LogP contribution in [-0.2, 0) is 0 Å². The van der Waals surface area contributed by atoms with Crippen LogP contribution < -0.4 is 10.1 Å². The fourth-order valence-electron chi connectivity index (χ4n) is 2.48. The first-order valence-corrected chi connectivity index (χ1v) is 8.08. The minimum Gasteiger partial charge on any atom is -0.497 e. The van der Waals surface area contributed by atoms with Crippen molar-refractivity contribution in [2.45, 2.75) is 32.4 Å². The first-order valence-electron chi connectivity index (χ1n) is 7.29. The van der Waals surface area contributed by atoms with E-state index >= 15 is 0 Å². The molecule has 0 saturated carbocycles. The quantitative estimate of drug-likeness (QED) is 0.769. The molecule has 0 fully saturated rings. The van der Waals surface area contributed by atoms with Crippen molar-refractivity contribution in [2.75, 3.05) is 7.11 Å². The second kappa shape index (κ2) is 7.62. The van der Waals surface area contributed by atoms with Crippen LogP contribution in [0.2, 0.25) is 0 Å². The Morgan fingerprint density at radius 2 is 1.81 bits per heavy atom. The maximum Gasteiger partial charge on any atom is 0.119 e. The molecular formula is C18H22BrNO. The van der Waals surface area contributed by atoms with Gasteiger partial charge in [0.15, 0.2) is 0 Å². The zero-order valence-corrected chi connectivity index (χ0v) is 14.4. The Balaban J connectivity index is 2.14. The van der Waals surface area contributed by atoms with Gasteiger partial charge in [0.25, 0.3) is 0 Å². The van der Waals surface area contributed by atoms with Crippen molar-refractivity contribution in [3.63, 3.8) is 0 Å². The minimum absolute atomic E-state index is 0.268. The first-order chi connectivity index (χ1) is 10.1. The SMILES string of the molecule is CCC(N[C@@H](C)c1cccc(OC)c1)c1cccc(Br)c1. The van der Waals surface area contributed by atoms with Gasteiger partial charge in [-0.2, -0.15) is 0 Å². The molecule has 0 amide bonds. The third-order valence-electron chi connectivity index (χ3n) is 3.70. The number of ether oxygens (including phenoxy) is 1. The van der Waals surface area contributed by atoms with E-state index in [1.165, 1.54) is 11.1 Å². The number of benzene rings is 2. The lowest BCUT2D eigenvalue weighted by Crippen LogP contribution is -2.24. The predicted octanol–water partition coefficient (Wildman–Crippen LogP) is 5.26. The Bertz CT molecular complexity index is 585. The van der Waals surface area contributed by atoms with E-state index in [1.807, 2.05) is 12.1 Å². The highest BCUT2D eigenvalue weighted by atomic mass is 79.9. The van der Waals surface area contributed by atoms with E-state index in [9.17, 15) is 0 Å². The average Bonchev–Trinajstić information content (AvgIpc) is 2.52. The molecule has 0 saturated heterocycles. The van der Waals surface area contributed by atoms with Crippen LogP contribution in [0, 0.1) is 0 Å². The van der Waals surface area contributed by atoms with E-state index in [2.05, 4.69) is 71.5 Å². The Kier molecular flexibility index (Phi) is 5.83. The molecule has 0 heterocycles. The Labute approximate surface area is 135 Å². The normalized spacial score (nSPS) is 13.7. The number of hydrogen-bond acceptors (Lipinski definition) is 2. The van der Waals surface area contributed by atoms with Gasteiger partial charge < -0.3 is 10.1 Å². The summed E-state index contributed by atoms with van der Waals surface area (Å²) in [4.78, 5) is 0. The van der Waals surface area contributed by atoms with Gasteiger partial charge in [-0.3, -0.25) is 0 Å². The zero-order chi connectivity index (χ0) is 15.2. The standard InChI is InChI=1S/C18H22BrNO/c1-4-18(15-8-5-9-16(19)11-15)20-13(2)14-7-6-10-17(12-14)21-3/h5-13,18,20H,4H2,1-3H3/t13-,18?/m0/s1. The lowest BCUT2D eigenvalue weighted by Gasteiger charge is -2.23. The molecule has 2 rings (SSSR count). The third-order valence-corrected chi connectivity index (χ3v) is 4.20. The van der Waals surface area contributed by atoms with E-state index in [-0.39, 0.29) is 6.04 Å². The van der Waals surface area contributed by atoms with E-state index in [4.69, 9.17) is 4.74 Å². The average molecular weight is 348 g/mol. The molecule has 1 unspecified atom stereocenters. The highest BCUT2D eigenvalue weighted by Crippen LogP contribution is 2.25. The second-order valence-electron chi connectivity index (χ2n) is 5.18. The molecule has 21 heavy (non-hydrogen) atoms. The van der Waals surface area contributed by atoms with Gasteiger partial charge in [0, 0.05) is 16.6 Å². The van der Waals surface area contributed by atoms with Crippen LogP contribution in [0.5, 0.6) is 5.75 Å². The molecule has 2 atom stereocenters. The number of hydrogen-bond donors (Lipinski definition) is 1. The Morgan fingerprint density at radius 3 is 2.48 bits per heavy atom. The second-order valence-corrected chi connectivity index (χ2v) is 6.10. The summed E-state index contributed by atoms with van der Waals surface area (Å²) < 4.78 is 6.42. The van der Waals surface area contributed by atoms with E-state index in [0.717, 1.165) is 16.6 Å². The summed E-state index contributed by atoms with van der Waals surface area (Å²) in [6.07, 6.45) is 1.05. The molecule has 0 spiro atoms. The van der Waals surface area contributed by atoms with Gasteiger partial charge in [0.05, 0.1) is 7.11 Å². The van der Waals surface area contributed by atoms with Crippen LogP contribution in [0.4, 0.5) is 0 Å². The largest absolute Gasteiger partial charge is 0.497 e. The number of rotatable bonds is 6. The molecule has 0 aromatic heterocycles. The Hall–Kier alpha value is -1.32. The van der Waals surface area contributed by atoms with Crippen LogP contribution in [0.25, 0.3) is 0 Å². The molecule has 2 nitrogen and oxygen atoms in total. The van der Waals surface area contributed by atoms with Gasteiger partial charge >= 0.3 is 0 Å². The molecular weight excluding hydrogens is 326 g/mol. The number of nitrogens with one attached hydrogen (secondary N) is 1. The van der Waals surface area contributed by atoms with Crippen molar-refractivity contribution in [3.8, 4) is 5.75 Å². The van der Waals surface area contributed by atoms with Crippen molar-refractivity contribution in [1.82, 2.24) is 5.32 Å². The van der Waals surface area contributed by atoms with Crippen molar-refractivity contribution in [1.29, 1.82) is 0 Å². The molecule has 0 aliphatic heterocycles. The lowest BCUT2D eigenvalue weighted by atomic mass is 10.0. The van der Waals surface area contributed by atoms with Crippen LogP contribution in [0.3, 0.4) is 0 Å². The highest BCUT2D eigenvalue weighted by molar-refractivity contribution is 9.10. The van der Waals surface area contributed by atoms with Gasteiger partial charge in [-0.25, -0.2) is 0 Å². The van der Waals surface area contributed by atoms with Crippen molar-refractivity contribution in [2.24, 2.45) is 0 Å². The van der Waals surface area contributed by atoms with Gasteiger partial charge in [-0.1, -0.05) is 47.1 Å². The molecule has 3 heteroatoms. The molecule has 2 aromatic rings. The fraction of sp³-hybridized carbons (Fsp3) is 0.333.